The lowest BCUT2D eigenvalue weighted by Gasteiger charge is -2.28. The minimum atomic E-state index is -0.156. The Kier molecular flexibility index (Phi) is 3.66. The largest absolute Gasteiger partial charge is 0.339 e. The van der Waals surface area contributed by atoms with E-state index in [1.54, 1.807) is 0 Å². The Morgan fingerprint density at radius 2 is 1.96 bits per heavy atom. The molecule has 130 valence electrons. The summed E-state index contributed by atoms with van der Waals surface area (Å²) in [5.74, 6) is 0.174. The molecule has 3 fully saturated rings. The molecule has 0 spiro atoms. The van der Waals surface area contributed by atoms with Crippen molar-refractivity contribution >= 4 is 11.8 Å². The third kappa shape index (κ3) is 2.43. The second kappa shape index (κ2) is 5.60. The van der Waals surface area contributed by atoms with Gasteiger partial charge in [0.1, 0.15) is 0 Å². The van der Waals surface area contributed by atoms with Crippen molar-refractivity contribution < 1.29 is 9.59 Å². The number of likely N-dealkylation sites (tertiary alicyclic amines) is 2. The molecule has 6 heteroatoms. The zero-order chi connectivity index (χ0) is 17.0. The Morgan fingerprint density at radius 1 is 1.21 bits per heavy atom. The summed E-state index contributed by atoms with van der Waals surface area (Å²) in [6.07, 6.45) is 4.62. The minimum Gasteiger partial charge on any atom is -0.339 e. The van der Waals surface area contributed by atoms with Gasteiger partial charge in [-0.3, -0.25) is 14.3 Å². The third-order valence-corrected chi connectivity index (χ3v) is 5.93. The van der Waals surface area contributed by atoms with Crippen LogP contribution in [0.25, 0.3) is 0 Å². The number of hydrogen-bond acceptors (Lipinski definition) is 3. The van der Waals surface area contributed by atoms with Gasteiger partial charge in [0.25, 0.3) is 0 Å². The maximum atomic E-state index is 13.1. The molecule has 2 saturated heterocycles. The lowest BCUT2D eigenvalue weighted by atomic mass is 10.0. The summed E-state index contributed by atoms with van der Waals surface area (Å²) in [6.45, 7) is 5.52. The van der Waals surface area contributed by atoms with Crippen molar-refractivity contribution in [2.24, 2.45) is 13.0 Å². The highest BCUT2D eigenvalue weighted by molar-refractivity contribution is 5.90. The fourth-order valence-electron chi connectivity index (χ4n) is 4.47. The van der Waals surface area contributed by atoms with Crippen LogP contribution in [-0.4, -0.2) is 50.5 Å². The molecule has 0 unspecified atom stereocenters. The van der Waals surface area contributed by atoms with E-state index >= 15 is 0 Å². The van der Waals surface area contributed by atoms with Crippen molar-refractivity contribution in [2.45, 2.75) is 58.0 Å². The van der Waals surface area contributed by atoms with Crippen molar-refractivity contribution in [3.8, 4) is 0 Å². The van der Waals surface area contributed by atoms with E-state index in [9.17, 15) is 9.59 Å². The molecule has 1 aromatic rings. The van der Waals surface area contributed by atoms with E-state index in [1.807, 2.05) is 28.5 Å². The molecule has 1 aliphatic carbocycles. The Morgan fingerprint density at radius 3 is 2.58 bits per heavy atom. The molecule has 2 atom stereocenters. The van der Waals surface area contributed by atoms with Gasteiger partial charge in [-0.2, -0.15) is 5.10 Å². The van der Waals surface area contributed by atoms with Crippen molar-refractivity contribution in [2.75, 3.05) is 13.1 Å². The average molecular weight is 330 g/mol. The molecular formula is C18H26N4O2. The first-order valence-electron chi connectivity index (χ1n) is 9.07. The predicted octanol–water partition coefficient (Wildman–Crippen LogP) is 1.71. The second-order valence-electron chi connectivity index (χ2n) is 7.58. The van der Waals surface area contributed by atoms with Crippen LogP contribution in [0, 0.1) is 19.8 Å². The number of nitrogens with zero attached hydrogens (tertiary/aromatic N) is 4. The summed E-state index contributed by atoms with van der Waals surface area (Å²) in [4.78, 5) is 29.3. The number of hydrogen-bond donors (Lipinski definition) is 0. The highest BCUT2D eigenvalue weighted by atomic mass is 16.2. The lowest BCUT2D eigenvalue weighted by molar-refractivity contribution is -0.136. The standard InChI is InChI=1S/C18H26N4O2/c1-11-17(12(2)20(3)19-11)15-5-4-8-21(15)18(24)13-9-16(23)22(10-13)14-6-7-14/h13-15H,4-10H2,1-3H3/t13-,15+/m1/s1. The van der Waals surface area contributed by atoms with Gasteiger partial charge in [-0.25, -0.2) is 0 Å². The summed E-state index contributed by atoms with van der Waals surface area (Å²) < 4.78 is 1.90. The normalized spacial score (nSPS) is 27.4. The van der Waals surface area contributed by atoms with E-state index in [-0.39, 0.29) is 23.8 Å². The van der Waals surface area contributed by atoms with Gasteiger partial charge in [-0.1, -0.05) is 0 Å². The van der Waals surface area contributed by atoms with Gasteiger partial charge in [0, 0.05) is 43.9 Å². The molecular weight excluding hydrogens is 304 g/mol. The van der Waals surface area contributed by atoms with Gasteiger partial charge in [-0.15, -0.1) is 0 Å². The summed E-state index contributed by atoms with van der Waals surface area (Å²) >= 11 is 0. The van der Waals surface area contributed by atoms with Crippen molar-refractivity contribution in [3.05, 3.63) is 17.0 Å². The SMILES string of the molecule is Cc1nn(C)c(C)c1[C@@H]1CCCN1C(=O)[C@@H]1CC(=O)N(C2CC2)C1. The van der Waals surface area contributed by atoms with Crippen LogP contribution in [0.1, 0.15) is 55.1 Å². The number of rotatable bonds is 3. The van der Waals surface area contributed by atoms with Gasteiger partial charge in [-0.05, 0) is 39.5 Å². The third-order valence-electron chi connectivity index (χ3n) is 5.93. The number of aromatic nitrogens is 2. The van der Waals surface area contributed by atoms with E-state index < -0.39 is 0 Å². The van der Waals surface area contributed by atoms with E-state index in [1.165, 1.54) is 5.56 Å². The van der Waals surface area contributed by atoms with E-state index in [4.69, 9.17) is 0 Å². The molecule has 4 rings (SSSR count). The summed E-state index contributed by atoms with van der Waals surface area (Å²) in [5, 5.41) is 4.52. The quantitative estimate of drug-likeness (QED) is 0.848. The maximum absolute atomic E-state index is 13.1. The van der Waals surface area contributed by atoms with Gasteiger partial charge >= 0.3 is 0 Å². The van der Waals surface area contributed by atoms with Crippen molar-refractivity contribution in [3.63, 3.8) is 0 Å². The highest BCUT2D eigenvalue weighted by Crippen LogP contribution is 2.38. The summed E-state index contributed by atoms with van der Waals surface area (Å²) in [6, 6.07) is 0.531. The molecule has 6 nitrogen and oxygen atoms in total. The van der Waals surface area contributed by atoms with Gasteiger partial charge in [0.2, 0.25) is 11.8 Å². The zero-order valence-corrected chi connectivity index (χ0v) is 14.8. The lowest BCUT2D eigenvalue weighted by Crippen LogP contribution is -2.37. The molecule has 0 N–H and O–H groups in total. The molecule has 1 aromatic heterocycles. The zero-order valence-electron chi connectivity index (χ0n) is 14.8. The van der Waals surface area contributed by atoms with E-state index in [0.29, 0.717) is 19.0 Å². The van der Waals surface area contributed by atoms with Crippen LogP contribution >= 0.6 is 0 Å². The fraction of sp³-hybridized carbons (Fsp3) is 0.722. The Balaban J connectivity index is 1.54. The van der Waals surface area contributed by atoms with Gasteiger partial charge in [0.15, 0.2) is 0 Å². The predicted molar refractivity (Wildman–Crippen MR) is 89.2 cm³/mol. The molecule has 2 amide bonds. The minimum absolute atomic E-state index is 0.122. The van der Waals surface area contributed by atoms with Crippen molar-refractivity contribution in [1.29, 1.82) is 0 Å². The number of amides is 2. The van der Waals surface area contributed by atoms with E-state index in [2.05, 4.69) is 12.0 Å². The first kappa shape index (κ1) is 15.7. The maximum Gasteiger partial charge on any atom is 0.228 e. The number of aryl methyl sites for hydroxylation is 2. The topological polar surface area (TPSA) is 58.4 Å². The first-order valence-corrected chi connectivity index (χ1v) is 9.07. The van der Waals surface area contributed by atoms with Crippen LogP contribution in [0.3, 0.4) is 0 Å². The Hall–Kier alpha value is -1.85. The van der Waals surface area contributed by atoms with Crippen LogP contribution in [0.2, 0.25) is 0 Å². The van der Waals surface area contributed by atoms with Crippen LogP contribution in [-0.2, 0) is 16.6 Å². The Labute approximate surface area is 142 Å². The van der Waals surface area contributed by atoms with Crippen molar-refractivity contribution in [1.82, 2.24) is 19.6 Å². The smallest absolute Gasteiger partial charge is 0.228 e. The van der Waals surface area contributed by atoms with Gasteiger partial charge < -0.3 is 9.80 Å². The second-order valence-corrected chi connectivity index (χ2v) is 7.58. The fourth-order valence-corrected chi connectivity index (χ4v) is 4.47. The van der Waals surface area contributed by atoms with Crippen LogP contribution in [0.4, 0.5) is 0 Å². The van der Waals surface area contributed by atoms with E-state index in [0.717, 1.165) is 43.6 Å². The van der Waals surface area contributed by atoms with Crippen LogP contribution in [0.15, 0.2) is 0 Å². The number of carbonyl (C=O) groups excluding carboxylic acids is 2. The summed E-state index contributed by atoms with van der Waals surface area (Å²) in [5.41, 5.74) is 3.35. The molecule has 1 saturated carbocycles. The molecule has 3 heterocycles. The molecule has 3 aliphatic rings. The first-order chi connectivity index (χ1) is 11.5. The van der Waals surface area contributed by atoms with Gasteiger partial charge in [0.05, 0.1) is 17.7 Å². The highest BCUT2D eigenvalue weighted by Gasteiger charge is 2.44. The molecule has 24 heavy (non-hydrogen) atoms. The summed E-state index contributed by atoms with van der Waals surface area (Å²) in [7, 11) is 1.95. The average Bonchev–Trinajstić information content (AvgIpc) is 3.05. The Bertz CT molecular complexity index is 691. The number of carbonyl (C=O) groups is 2. The van der Waals surface area contributed by atoms with Crippen LogP contribution < -0.4 is 0 Å². The molecule has 0 radical (unpaired) electrons. The van der Waals surface area contributed by atoms with Crippen LogP contribution in [0.5, 0.6) is 0 Å². The monoisotopic (exact) mass is 330 g/mol. The molecule has 0 aromatic carbocycles. The molecule has 0 bridgehead atoms. The molecule has 2 aliphatic heterocycles.